The number of aryl methyl sites for hydroxylation is 2. The predicted octanol–water partition coefficient (Wildman–Crippen LogP) is 4.97. The highest BCUT2D eigenvalue weighted by Gasteiger charge is 2.53. The molecule has 0 atom stereocenters. The Balaban J connectivity index is 0.000000185. The summed E-state index contributed by atoms with van der Waals surface area (Å²) in [5.41, 5.74) is 2.55. The summed E-state index contributed by atoms with van der Waals surface area (Å²) in [6, 6.07) is 14.6. The average Bonchev–Trinajstić information content (AvgIpc) is 3.40. The van der Waals surface area contributed by atoms with Gasteiger partial charge in [0.25, 0.3) is 11.8 Å². The van der Waals surface area contributed by atoms with Crippen LogP contribution >= 0.6 is 0 Å². The normalized spacial score (nSPS) is 23.4. The summed E-state index contributed by atoms with van der Waals surface area (Å²) in [6.07, 6.45) is 8.01. The molecule has 2 aliphatic heterocycles. The second-order valence-corrected chi connectivity index (χ2v) is 14.0. The number of urea groups is 2. The van der Waals surface area contributed by atoms with Crippen molar-refractivity contribution in [1.29, 1.82) is 0 Å². The van der Waals surface area contributed by atoms with Crippen LogP contribution in [-0.4, -0.2) is 69.4 Å². The lowest BCUT2D eigenvalue weighted by Crippen LogP contribution is -2.49. The summed E-state index contributed by atoms with van der Waals surface area (Å²) in [5.74, 6) is -0.109. The summed E-state index contributed by atoms with van der Waals surface area (Å²) in [5, 5.41) is 5.68. The summed E-state index contributed by atoms with van der Waals surface area (Å²) >= 11 is 0. The van der Waals surface area contributed by atoms with Gasteiger partial charge in [-0.05, 0) is 69.4 Å². The van der Waals surface area contributed by atoms with Crippen LogP contribution in [0, 0.1) is 19.8 Å². The molecular weight excluding hydrogens is 596 g/mol. The molecule has 4 aliphatic rings. The molecular formula is C37H46N4O6. The summed E-state index contributed by atoms with van der Waals surface area (Å²) in [6.45, 7) is 5.86. The fourth-order valence-electron chi connectivity index (χ4n) is 7.06. The fraction of sp³-hybridized carbons (Fsp3) is 0.514. The van der Waals surface area contributed by atoms with Gasteiger partial charge < -0.3 is 10.6 Å². The van der Waals surface area contributed by atoms with Crippen LogP contribution in [0.15, 0.2) is 48.5 Å². The Morgan fingerprint density at radius 2 is 1.02 bits per heavy atom. The molecule has 47 heavy (non-hydrogen) atoms. The maximum atomic E-state index is 12.7. The van der Waals surface area contributed by atoms with E-state index in [2.05, 4.69) is 17.6 Å². The number of Topliss-reactive ketones (excluding diaryl/α,β-unsaturated/α-hetero) is 2. The predicted molar refractivity (Wildman–Crippen MR) is 176 cm³/mol. The van der Waals surface area contributed by atoms with Crippen molar-refractivity contribution in [2.45, 2.75) is 102 Å². The van der Waals surface area contributed by atoms with E-state index in [1.165, 1.54) is 0 Å². The van der Waals surface area contributed by atoms with E-state index in [1.54, 1.807) is 0 Å². The molecule has 10 nitrogen and oxygen atoms in total. The number of amides is 6. The molecule has 250 valence electrons. The Hall–Kier alpha value is -4.34. The molecule has 0 aromatic heterocycles. The first-order chi connectivity index (χ1) is 22.4. The maximum Gasteiger partial charge on any atom is 0.325 e. The topological polar surface area (TPSA) is 133 Å². The smallest absolute Gasteiger partial charge is 0.323 e. The monoisotopic (exact) mass is 642 g/mol. The second kappa shape index (κ2) is 14.2. The van der Waals surface area contributed by atoms with Gasteiger partial charge in [0.15, 0.2) is 11.6 Å². The summed E-state index contributed by atoms with van der Waals surface area (Å²) in [7, 11) is 0. The van der Waals surface area contributed by atoms with Crippen molar-refractivity contribution in [2.24, 2.45) is 5.92 Å². The van der Waals surface area contributed by atoms with Gasteiger partial charge in [0.05, 0.1) is 13.1 Å². The van der Waals surface area contributed by atoms with Crippen molar-refractivity contribution in [2.75, 3.05) is 13.1 Å². The van der Waals surface area contributed by atoms with E-state index in [-0.39, 0.29) is 49.3 Å². The molecule has 2 saturated heterocycles. The largest absolute Gasteiger partial charge is 0.325 e. The van der Waals surface area contributed by atoms with Crippen molar-refractivity contribution >= 4 is 35.4 Å². The highest BCUT2D eigenvalue weighted by molar-refractivity contribution is 6.10. The number of ketones is 2. The third-order valence-electron chi connectivity index (χ3n) is 10.0. The van der Waals surface area contributed by atoms with E-state index in [4.69, 9.17) is 0 Å². The Labute approximate surface area is 276 Å². The first kappa shape index (κ1) is 34.0. The van der Waals surface area contributed by atoms with Crippen LogP contribution in [0.25, 0.3) is 0 Å². The molecule has 2 saturated carbocycles. The van der Waals surface area contributed by atoms with Crippen LogP contribution in [0.1, 0.15) is 87.0 Å². The molecule has 2 N–H and O–H groups in total. The zero-order valence-corrected chi connectivity index (χ0v) is 27.7. The van der Waals surface area contributed by atoms with E-state index < -0.39 is 23.1 Å². The van der Waals surface area contributed by atoms with Crippen LogP contribution in [0.2, 0.25) is 0 Å². The summed E-state index contributed by atoms with van der Waals surface area (Å²) in [4.78, 5) is 76.4. The molecule has 10 heteroatoms. The van der Waals surface area contributed by atoms with Gasteiger partial charge in [-0.25, -0.2) is 9.59 Å². The lowest BCUT2D eigenvalue weighted by molar-refractivity contribution is -0.135. The third-order valence-corrected chi connectivity index (χ3v) is 10.0. The van der Waals surface area contributed by atoms with Gasteiger partial charge >= 0.3 is 12.1 Å². The highest BCUT2D eigenvalue weighted by atomic mass is 16.2. The molecule has 2 spiro atoms. The quantitative estimate of drug-likeness (QED) is 0.391. The van der Waals surface area contributed by atoms with Crippen molar-refractivity contribution < 1.29 is 28.8 Å². The fourth-order valence-corrected chi connectivity index (χ4v) is 7.06. The van der Waals surface area contributed by atoms with Crippen LogP contribution in [0.5, 0.6) is 0 Å². The molecule has 6 rings (SSSR count). The first-order valence-electron chi connectivity index (χ1n) is 16.8. The number of nitrogens with zero attached hydrogens (tertiary/aromatic N) is 2. The SMILES string of the molecule is Cc1ccc(CC(=O)CN2C(=O)NC3(CCC(C)CC3)C2=O)cc1.Cc1ccc(CC(=O)CN2C(=O)NC3(CCCCC3)C2=O)cc1. The lowest BCUT2D eigenvalue weighted by Gasteiger charge is -2.33. The average molecular weight is 643 g/mol. The second-order valence-electron chi connectivity index (χ2n) is 14.0. The van der Waals surface area contributed by atoms with Crippen molar-refractivity contribution in [3.8, 4) is 0 Å². The number of carbonyl (C=O) groups excluding carboxylic acids is 6. The molecule has 6 amide bonds. The van der Waals surface area contributed by atoms with Gasteiger partial charge in [0.1, 0.15) is 11.1 Å². The van der Waals surface area contributed by atoms with E-state index in [0.29, 0.717) is 31.6 Å². The van der Waals surface area contributed by atoms with Crippen LogP contribution in [0.3, 0.4) is 0 Å². The van der Waals surface area contributed by atoms with E-state index >= 15 is 0 Å². The Morgan fingerprint density at radius 1 is 0.638 bits per heavy atom. The molecule has 2 heterocycles. The van der Waals surface area contributed by atoms with Gasteiger partial charge in [-0.3, -0.25) is 29.0 Å². The number of rotatable bonds is 8. The minimum Gasteiger partial charge on any atom is -0.323 e. The van der Waals surface area contributed by atoms with Gasteiger partial charge in [0, 0.05) is 12.8 Å². The number of nitrogens with one attached hydrogen (secondary N) is 2. The Kier molecular flexibility index (Phi) is 10.3. The molecule has 2 aromatic rings. The summed E-state index contributed by atoms with van der Waals surface area (Å²) < 4.78 is 0. The van der Waals surface area contributed by atoms with Crippen LogP contribution in [0.4, 0.5) is 9.59 Å². The minimum absolute atomic E-state index is 0.120. The number of benzene rings is 2. The Morgan fingerprint density at radius 3 is 1.43 bits per heavy atom. The Bertz CT molecular complexity index is 1520. The van der Waals surface area contributed by atoms with Gasteiger partial charge in [0.2, 0.25) is 0 Å². The van der Waals surface area contributed by atoms with Crippen molar-refractivity contribution in [1.82, 2.24) is 20.4 Å². The van der Waals surface area contributed by atoms with Crippen molar-refractivity contribution in [3.05, 3.63) is 70.8 Å². The lowest BCUT2D eigenvalue weighted by atomic mass is 9.77. The first-order valence-corrected chi connectivity index (χ1v) is 16.8. The highest BCUT2D eigenvalue weighted by Crippen LogP contribution is 2.36. The zero-order valence-electron chi connectivity index (χ0n) is 27.7. The van der Waals surface area contributed by atoms with Gasteiger partial charge in [-0.1, -0.05) is 85.8 Å². The van der Waals surface area contributed by atoms with Crippen LogP contribution < -0.4 is 10.6 Å². The van der Waals surface area contributed by atoms with E-state index in [9.17, 15) is 28.8 Å². The van der Waals surface area contributed by atoms with Crippen molar-refractivity contribution in [3.63, 3.8) is 0 Å². The number of hydrogen-bond acceptors (Lipinski definition) is 6. The number of imide groups is 2. The standard InChI is InChI=1S/C19H24N2O3.C18H22N2O3/c1-13-3-5-15(6-4-13)11-16(22)12-21-17(23)19(20-18(21)24)9-7-14(2)8-10-19;1-13-5-7-14(8-6-13)11-15(21)12-20-16(22)18(19-17(20)23)9-3-2-4-10-18/h3-6,14H,7-12H2,1-2H3,(H,20,24);5-8H,2-4,9-12H2,1H3,(H,19,23). The van der Waals surface area contributed by atoms with Gasteiger partial charge in [-0.15, -0.1) is 0 Å². The third kappa shape index (κ3) is 7.80. The molecule has 0 unspecified atom stereocenters. The van der Waals surface area contributed by atoms with Crippen LogP contribution in [-0.2, 0) is 32.0 Å². The molecule has 2 aromatic carbocycles. The minimum atomic E-state index is -0.770. The number of carbonyl (C=O) groups is 6. The maximum absolute atomic E-state index is 12.7. The molecule has 0 radical (unpaired) electrons. The molecule has 2 aliphatic carbocycles. The zero-order chi connectivity index (χ0) is 33.8. The van der Waals surface area contributed by atoms with Gasteiger partial charge in [-0.2, -0.15) is 0 Å². The molecule has 4 fully saturated rings. The van der Waals surface area contributed by atoms with E-state index in [0.717, 1.165) is 64.2 Å². The van der Waals surface area contributed by atoms with E-state index in [1.807, 2.05) is 62.4 Å². The molecule has 0 bridgehead atoms. The number of hydrogen-bond donors (Lipinski definition) is 2.